The molecule has 0 amide bonds. The van der Waals surface area contributed by atoms with Crippen LogP contribution in [-0.2, 0) is 19.7 Å². The molecule has 0 N–H and O–H groups in total. The molecule has 1 aromatic rings. The summed E-state index contributed by atoms with van der Waals surface area (Å²) in [6.45, 7) is 2.18. The lowest BCUT2D eigenvalue weighted by atomic mass is 9.74. The Morgan fingerprint density at radius 3 is 2.35 bits per heavy atom. The summed E-state index contributed by atoms with van der Waals surface area (Å²) in [7, 11) is 0. The summed E-state index contributed by atoms with van der Waals surface area (Å²) in [6, 6.07) is 10.2. The minimum absolute atomic E-state index is 0.0882. The molecule has 0 bridgehead atoms. The maximum atomic E-state index is 11.7. The van der Waals surface area contributed by atoms with Crippen molar-refractivity contribution in [2.24, 2.45) is 17.3 Å². The summed E-state index contributed by atoms with van der Waals surface area (Å²) in [5.74, 6) is -0.00350. The highest BCUT2D eigenvalue weighted by Gasteiger charge is 2.95. The highest BCUT2D eigenvalue weighted by Crippen LogP contribution is 2.90. The van der Waals surface area contributed by atoms with E-state index in [-0.39, 0.29) is 17.4 Å². The largest absolute Gasteiger partial charge is 0.393 e. The van der Waals surface area contributed by atoms with Crippen LogP contribution >= 0.6 is 0 Å². The third-order valence-corrected chi connectivity index (χ3v) is 4.94. The molecular formula is C14H12O3. The van der Waals surface area contributed by atoms with Crippen molar-refractivity contribution in [3.63, 3.8) is 0 Å². The monoisotopic (exact) mass is 228 g/mol. The van der Waals surface area contributed by atoms with E-state index in [1.54, 1.807) is 0 Å². The number of ether oxygens (including phenoxy) is 1. The topological polar surface area (TPSA) is 43.4 Å². The molecule has 1 aliphatic heterocycles. The number of benzene rings is 1. The Hall–Kier alpha value is -1.64. The lowest BCUT2D eigenvalue weighted by Crippen LogP contribution is -2.31. The van der Waals surface area contributed by atoms with Crippen LogP contribution in [0.15, 0.2) is 30.3 Å². The first kappa shape index (κ1) is 9.40. The van der Waals surface area contributed by atoms with Crippen molar-refractivity contribution in [3.05, 3.63) is 35.9 Å². The van der Waals surface area contributed by atoms with Crippen LogP contribution in [0, 0.1) is 17.3 Å². The van der Waals surface area contributed by atoms with Crippen molar-refractivity contribution >= 4 is 11.9 Å². The van der Waals surface area contributed by atoms with E-state index in [2.05, 4.69) is 19.1 Å². The Labute approximate surface area is 98.8 Å². The Bertz CT molecular complexity index is 536. The maximum absolute atomic E-state index is 11.7. The molecule has 2 aliphatic carbocycles. The number of fused-ring (bicyclic) bond motifs is 3. The van der Waals surface area contributed by atoms with Gasteiger partial charge in [-0.2, -0.15) is 0 Å². The predicted octanol–water partition coefficient (Wildman–Crippen LogP) is 1.66. The van der Waals surface area contributed by atoms with Gasteiger partial charge < -0.3 is 4.74 Å². The second-order valence-electron chi connectivity index (χ2n) is 5.58. The number of rotatable bonds is 1. The van der Waals surface area contributed by atoms with Gasteiger partial charge in [-0.25, -0.2) is 0 Å². The average molecular weight is 228 g/mol. The Kier molecular flexibility index (Phi) is 1.35. The van der Waals surface area contributed by atoms with Gasteiger partial charge in [-0.1, -0.05) is 37.3 Å². The van der Waals surface area contributed by atoms with Gasteiger partial charge in [-0.3, -0.25) is 9.59 Å². The molecule has 3 nitrogen and oxygen atoms in total. The molecule has 86 valence electrons. The summed E-state index contributed by atoms with van der Waals surface area (Å²) < 4.78 is 4.69. The van der Waals surface area contributed by atoms with Crippen molar-refractivity contribution in [1.29, 1.82) is 0 Å². The van der Waals surface area contributed by atoms with E-state index in [9.17, 15) is 9.59 Å². The SMILES string of the molecule is CC1(c2ccccc2)C2C1C21CC(=O)OC1=O. The number of carbonyl (C=O) groups is 2. The third kappa shape index (κ3) is 0.832. The van der Waals surface area contributed by atoms with Crippen LogP contribution in [0.4, 0.5) is 0 Å². The number of cyclic esters (lactones) is 2. The summed E-state index contributed by atoms with van der Waals surface area (Å²) in [4.78, 5) is 22.9. The molecule has 2 atom stereocenters. The molecule has 4 rings (SSSR count). The smallest absolute Gasteiger partial charge is 0.320 e. The Balaban J connectivity index is 1.66. The van der Waals surface area contributed by atoms with Crippen molar-refractivity contribution in [2.45, 2.75) is 18.8 Å². The van der Waals surface area contributed by atoms with Crippen molar-refractivity contribution in [1.82, 2.24) is 0 Å². The fraction of sp³-hybridized carbons (Fsp3) is 0.429. The van der Waals surface area contributed by atoms with Gasteiger partial charge in [0.25, 0.3) is 0 Å². The maximum Gasteiger partial charge on any atom is 0.320 e. The molecule has 2 unspecified atom stereocenters. The number of carbonyl (C=O) groups excluding carboxylic acids is 2. The van der Waals surface area contributed by atoms with E-state index in [0.29, 0.717) is 18.3 Å². The summed E-state index contributed by atoms with van der Waals surface area (Å²) >= 11 is 0. The fourth-order valence-electron chi connectivity index (χ4n) is 4.10. The molecule has 0 radical (unpaired) electrons. The van der Waals surface area contributed by atoms with Crippen molar-refractivity contribution in [3.8, 4) is 0 Å². The Morgan fingerprint density at radius 2 is 1.82 bits per heavy atom. The summed E-state index contributed by atoms with van der Waals surface area (Å²) in [6.07, 6.45) is 0.295. The summed E-state index contributed by atoms with van der Waals surface area (Å²) in [5, 5.41) is 0. The molecule has 3 heteroatoms. The van der Waals surface area contributed by atoms with E-state index in [0.717, 1.165) is 0 Å². The molecular weight excluding hydrogens is 216 g/mol. The van der Waals surface area contributed by atoms with E-state index in [4.69, 9.17) is 4.74 Å². The van der Waals surface area contributed by atoms with Crippen molar-refractivity contribution < 1.29 is 14.3 Å². The second-order valence-corrected chi connectivity index (χ2v) is 5.58. The molecule has 1 heterocycles. The molecule has 1 aromatic carbocycles. The standard InChI is InChI=1S/C14H12O3/c1-13(8-5-3-2-4-6-8)10-11(13)14(10)7-9(15)17-12(14)16/h2-6,10-11H,7H2,1H3. The first-order chi connectivity index (χ1) is 8.11. The van der Waals surface area contributed by atoms with Crippen LogP contribution in [0.2, 0.25) is 0 Å². The first-order valence-corrected chi connectivity index (χ1v) is 5.92. The highest BCUT2D eigenvalue weighted by molar-refractivity contribution is 6.02. The second kappa shape index (κ2) is 2.45. The van der Waals surface area contributed by atoms with Crippen molar-refractivity contribution in [2.75, 3.05) is 0 Å². The zero-order chi connectivity index (χ0) is 11.8. The third-order valence-electron chi connectivity index (χ3n) is 4.94. The van der Waals surface area contributed by atoms with Crippen LogP contribution in [0.3, 0.4) is 0 Å². The van der Waals surface area contributed by atoms with E-state index in [1.165, 1.54) is 5.56 Å². The van der Waals surface area contributed by atoms with Gasteiger partial charge in [0.2, 0.25) is 0 Å². The molecule has 1 saturated heterocycles. The van der Waals surface area contributed by atoms with Crippen LogP contribution < -0.4 is 0 Å². The normalized spacial score (nSPS) is 45.7. The average Bonchev–Trinajstić information content (AvgIpc) is 3.15. The number of hydrogen-bond acceptors (Lipinski definition) is 3. The zero-order valence-corrected chi connectivity index (χ0v) is 9.47. The molecule has 1 spiro atoms. The van der Waals surface area contributed by atoms with Gasteiger partial charge in [-0.15, -0.1) is 0 Å². The van der Waals surface area contributed by atoms with Gasteiger partial charge in [0.1, 0.15) is 0 Å². The highest BCUT2D eigenvalue weighted by atomic mass is 16.6. The molecule has 17 heavy (non-hydrogen) atoms. The lowest BCUT2D eigenvalue weighted by Gasteiger charge is -2.26. The quantitative estimate of drug-likeness (QED) is 0.542. The molecule has 3 aliphatic rings. The van der Waals surface area contributed by atoms with E-state index >= 15 is 0 Å². The fourth-order valence-corrected chi connectivity index (χ4v) is 4.10. The van der Waals surface area contributed by atoms with Gasteiger partial charge in [0, 0.05) is 5.41 Å². The van der Waals surface area contributed by atoms with Gasteiger partial charge >= 0.3 is 11.9 Å². The lowest BCUT2D eigenvalue weighted by molar-refractivity contribution is -0.154. The van der Waals surface area contributed by atoms with Gasteiger partial charge in [0.05, 0.1) is 11.8 Å². The van der Waals surface area contributed by atoms with E-state index < -0.39 is 5.41 Å². The Morgan fingerprint density at radius 1 is 1.18 bits per heavy atom. The molecule has 3 fully saturated rings. The first-order valence-electron chi connectivity index (χ1n) is 5.92. The number of esters is 2. The number of hydrogen-bond donors (Lipinski definition) is 0. The van der Waals surface area contributed by atoms with Gasteiger partial charge in [-0.05, 0) is 17.4 Å². The molecule has 0 aromatic heterocycles. The predicted molar refractivity (Wildman–Crippen MR) is 58.9 cm³/mol. The minimum Gasteiger partial charge on any atom is -0.393 e. The molecule has 2 saturated carbocycles. The van der Waals surface area contributed by atoms with Crippen LogP contribution in [-0.4, -0.2) is 11.9 Å². The van der Waals surface area contributed by atoms with Crippen LogP contribution in [0.5, 0.6) is 0 Å². The minimum atomic E-state index is -0.443. The van der Waals surface area contributed by atoms with Crippen LogP contribution in [0.25, 0.3) is 0 Å². The van der Waals surface area contributed by atoms with Gasteiger partial charge in [0.15, 0.2) is 0 Å². The van der Waals surface area contributed by atoms with E-state index in [1.807, 2.05) is 18.2 Å². The van der Waals surface area contributed by atoms with Crippen LogP contribution in [0.1, 0.15) is 18.9 Å². The zero-order valence-electron chi connectivity index (χ0n) is 9.47. The summed E-state index contributed by atoms with van der Waals surface area (Å²) in [5.41, 5.74) is 0.916.